The molecule has 0 unspecified atom stereocenters. The third-order valence-electron chi connectivity index (χ3n) is 3.55. The lowest BCUT2D eigenvalue weighted by Gasteiger charge is -2.34. The fraction of sp³-hybridized carbons (Fsp3) is 0.538. The van der Waals surface area contributed by atoms with Crippen LogP contribution in [-0.4, -0.2) is 10.3 Å². The molecule has 0 saturated heterocycles. The second-order valence-electron chi connectivity index (χ2n) is 5.48. The van der Waals surface area contributed by atoms with E-state index in [1.165, 1.54) is 21.8 Å². The zero-order valence-electron chi connectivity index (χ0n) is 10.1. The van der Waals surface area contributed by atoms with Crippen molar-refractivity contribution in [1.82, 2.24) is 5.06 Å². The molecule has 1 aromatic carbocycles. The van der Waals surface area contributed by atoms with E-state index in [0.29, 0.717) is 0 Å². The Bertz CT molecular complexity index is 407. The summed E-state index contributed by atoms with van der Waals surface area (Å²) in [5, 5.41) is 11.7. The maximum Gasteiger partial charge on any atom is 0.0665 e. The van der Waals surface area contributed by atoms with Crippen LogP contribution < -0.4 is 0 Å². The van der Waals surface area contributed by atoms with Gasteiger partial charge in [0.2, 0.25) is 0 Å². The first-order chi connectivity index (χ1) is 6.78. The second-order valence-corrected chi connectivity index (χ2v) is 5.48. The van der Waals surface area contributed by atoms with E-state index >= 15 is 0 Å². The van der Waals surface area contributed by atoms with Crippen LogP contribution >= 0.6 is 0 Å². The van der Waals surface area contributed by atoms with Crippen molar-refractivity contribution in [2.24, 2.45) is 0 Å². The maximum atomic E-state index is 10.2. The van der Waals surface area contributed by atoms with Crippen LogP contribution in [-0.2, 0) is 11.1 Å². The largest absolute Gasteiger partial charge is 0.312 e. The summed E-state index contributed by atoms with van der Waals surface area (Å²) in [4.78, 5) is 0. The molecule has 2 rings (SSSR count). The molecule has 0 spiro atoms. The first kappa shape index (κ1) is 10.7. The number of hydroxylamine groups is 2. The molecule has 0 aromatic heterocycles. The Hall–Kier alpha value is -0.860. The molecule has 1 N–H and O–H groups in total. The summed E-state index contributed by atoms with van der Waals surface area (Å²) in [5.74, 6) is 0. The molecule has 1 aliphatic heterocycles. The van der Waals surface area contributed by atoms with Crippen LogP contribution in [0.25, 0.3) is 0 Å². The van der Waals surface area contributed by atoms with Gasteiger partial charge in [-0.3, -0.25) is 0 Å². The number of hydrogen-bond acceptors (Lipinski definition) is 2. The Morgan fingerprint density at radius 3 is 2.13 bits per heavy atom. The van der Waals surface area contributed by atoms with Gasteiger partial charge in [-0.05, 0) is 45.7 Å². The minimum absolute atomic E-state index is 0.299. The molecular formula is C13H19NO. The van der Waals surface area contributed by atoms with Crippen LogP contribution in [0, 0.1) is 6.92 Å². The molecule has 15 heavy (non-hydrogen) atoms. The highest BCUT2D eigenvalue weighted by Gasteiger charge is 2.48. The van der Waals surface area contributed by atoms with Gasteiger partial charge in [0.1, 0.15) is 0 Å². The van der Waals surface area contributed by atoms with Crippen molar-refractivity contribution in [3.63, 3.8) is 0 Å². The Morgan fingerprint density at radius 1 is 1.00 bits per heavy atom. The van der Waals surface area contributed by atoms with Crippen molar-refractivity contribution < 1.29 is 5.21 Å². The van der Waals surface area contributed by atoms with Crippen molar-refractivity contribution in [2.45, 2.75) is 45.7 Å². The third-order valence-corrected chi connectivity index (χ3v) is 3.55. The van der Waals surface area contributed by atoms with E-state index in [4.69, 9.17) is 0 Å². The monoisotopic (exact) mass is 205 g/mol. The smallest absolute Gasteiger partial charge is 0.0665 e. The summed E-state index contributed by atoms with van der Waals surface area (Å²) in [5.41, 5.74) is 3.10. The van der Waals surface area contributed by atoms with E-state index < -0.39 is 0 Å². The Kier molecular flexibility index (Phi) is 2.01. The fourth-order valence-electron chi connectivity index (χ4n) is 2.62. The average Bonchev–Trinajstić information content (AvgIpc) is 2.26. The molecule has 0 fully saturated rings. The van der Waals surface area contributed by atoms with Gasteiger partial charge in [0.25, 0.3) is 0 Å². The first-order valence-corrected chi connectivity index (χ1v) is 5.39. The van der Waals surface area contributed by atoms with E-state index in [0.717, 1.165) is 0 Å². The van der Waals surface area contributed by atoms with Gasteiger partial charge in [-0.15, -0.1) is 0 Å². The number of benzene rings is 1. The van der Waals surface area contributed by atoms with Crippen molar-refractivity contribution >= 4 is 0 Å². The fourth-order valence-corrected chi connectivity index (χ4v) is 2.62. The molecule has 1 heterocycles. The number of aryl methyl sites for hydroxylation is 1. The summed E-state index contributed by atoms with van der Waals surface area (Å²) >= 11 is 0. The summed E-state index contributed by atoms with van der Waals surface area (Å²) in [6.45, 7) is 10.3. The van der Waals surface area contributed by atoms with Crippen LogP contribution in [0.3, 0.4) is 0 Å². The van der Waals surface area contributed by atoms with Gasteiger partial charge in [0.15, 0.2) is 0 Å². The van der Waals surface area contributed by atoms with E-state index in [1.54, 1.807) is 0 Å². The van der Waals surface area contributed by atoms with Gasteiger partial charge in [-0.1, -0.05) is 23.8 Å². The zero-order valence-corrected chi connectivity index (χ0v) is 10.1. The topological polar surface area (TPSA) is 23.5 Å². The molecule has 0 radical (unpaired) electrons. The normalized spacial score (nSPS) is 22.8. The number of fused-ring (bicyclic) bond motifs is 1. The molecule has 0 bridgehead atoms. The lowest BCUT2D eigenvalue weighted by molar-refractivity contribution is -0.216. The van der Waals surface area contributed by atoms with Gasteiger partial charge < -0.3 is 5.21 Å². The quantitative estimate of drug-likeness (QED) is 0.703. The molecule has 82 valence electrons. The second kappa shape index (κ2) is 2.83. The van der Waals surface area contributed by atoms with Gasteiger partial charge >= 0.3 is 0 Å². The molecule has 0 saturated carbocycles. The van der Waals surface area contributed by atoms with Gasteiger partial charge in [-0.25, -0.2) is 0 Å². The van der Waals surface area contributed by atoms with Crippen molar-refractivity contribution in [3.8, 4) is 0 Å². The van der Waals surface area contributed by atoms with Crippen molar-refractivity contribution in [1.29, 1.82) is 0 Å². The van der Waals surface area contributed by atoms with Gasteiger partial charge in [-0.2, -0.15) is 5.06 Å². The SMILES string of the molecule is Cc1ccc2c(c1)C(C)(C)N(O)C2(C)C. The molecule has 0 atom stereocenters. The lowest BCUT2D eigenvalue weighted by atomic mass is 9.89. The standard InChI is InChI=1S/C13H19NO/c1-9-6-7-10-11(8-9)13(4,5)14(15)12(10,2)3/h6-8,15H,1-5H3. The van der Waals surface area contributed by atoms with E-state index in [-0.39, 0.29) is 11.1 Å². The summed E-state index contributed by atoms with van der Waals surface area (Å²) < 4.78 is 0. The lowest BCUT2D eigenvalue weighted by Crippen LogP contribution is -2.42. The highest BCUT2D eigenvalue weighted by atomic mass is 16.5. The number of hydrogen-bond donors (Lipinski definition) is 1. The molecule has 1 aliphatic rings. The van der Waals surface area contributed by atoms with Crippen LogP contribution in [0.1, 0.15) is 44.4 Å². The summed E-state index contributed by atoms with van der Waals surface area (Å²) in [6, 6.07) is 6.41. The molecule has 2 heteroatoms. The third kappa shape index (κ3) is 1.25. The maximum absolute atomic E-state index is 10.2. The minimum atomic E-state index is -0.301. The van der Waals surface area contributed by atoms with Crippen molar-refractivity contribution in [2.75, 3.05) is 0 Å². The predicted molar refractivity (Wildman–Crippen MR) is 60.9 cm³/mol. The molecule has 1 aromatic rings. The molecular weight excluding hydrogens is 186 g/mol. The number of rotatable bonds is 0. The van der Waals surface area contributed by atoms with Crippen LogP contribution in [0.5, 0.6) is 0 Å². The van der Waals surface area contributed by atoms with Gasteiger partial charge in [0.05, 0.1) is 11.1 Å². The van der Waals surface area contributed by atoms with Crippen LogP contribution in [0.2, 0.25) is 0 Å². The van der Waals surface area contributed by atoms with Crippen LogP contribution in [0.4, 0.5) is 0 Å². The number of nitrogens with zero attached hydrogens (tertiary/aromatic N) is 1. The minimum Gasteiger partial charge on any atom is -0.312 e. The summed E-state index contributed by atoms with van der Waals surface area (Å²) in [6.07, 6.45) is 0. The zero-order chi connectivity index (χ0) is 11.4. The van der Waals surface area contributed by atoms with E-state index in [9.17, 15) is 5.21 Å². The van der Waals surface area contributed by atoms with E-state index in [2.05, 4.69) is 52.8 Å². The van der Waals surface area contributed by atoms with E-state index in [1.807, 2.05) is 0 Å². The molecule has 0 amide bonds. The summed E-state index contributed by atoms with van der Waals surface area (Å²) in [7, 11) is 0. The highest BCUT2D eigenvalue weighted by molar-refractivity contribution is 5.44. The average molecular weight is 205 g/mol. The highest BCUT2D eigenvalue weighted by Crippen LogP contribution is 2.47. The molecule has 0 aliphatic carbocycles. The molecule has 2 nitrogen and oxygen atoms in total. The van der Waals surface area contributed by atoms with Gasteiger partial charge in [0, 0.05) is 0 Å². The van der Waals surface area contributed by atoms with Crippen molar-refractivity contribution in [3.05, 3.63) is 34.9 Å². The van der Waals surface area contributed by atoms with Crippen LogP contribution in [0.15, 0.2) is 18.2 Å². The Morgan fingerprint density at radius 2 is 1.53 bits per heavy atom. The first-order valence-electron chi connectivity index (χ1n) is 5.39. The predicted octanol–water partition coefficient (Wildman–Crippen LogP) is 3.17. The Labute approximate surface area is 91.5 Å². The Balaban J connectivity index is 2.71.